The first-order valence-corrected chi connectivity index (χ1v) is 11.2. The monoisotopic (exact) mass is 438 g/mol. The van der Waals surface area contributed by atoms with Crippen molar-refractivity contribution in [1.29, 1.82) is 0 Å². The van der Waals surface area contributed by atoms with Crippen LogP contribution in [0.2, 0.25) is 0 Å². The molecule has 6 heteroatoms. The highest BCUT2D eigenvalue weighted by Gasteiger charge is 2.25. The first-order chi connectivity index (χ1) is 16.2. The SMILES string of the molecule is O=C(c1cc(-c2ccc(O)cc2)n(-c2ccccc2)n1)N1CCN(Cc2ccccc2)CC1. The second kappa shape index (κ2) is 9.30. The molecule has 5 rings (SSSR count). The van der Waals surface area contributed by atoms with E-state index in [0.717, 1.165) is 36.6 Å². The zero-order valence-corrected chi connectivity index (χ0v) is 18.3. The van der Waals surface area contributed by atoms with E-state index in [0.29, 0.717) is 18.8 Å². The molecule has 0 aliphatic carbocycles. The number of benzene rings is 3. The first kappa shape index (κ1) is 21.0. The minimum Gasteiger partial charge on any atom is -0.508 e. The van der Waals surface area contributed by atoms with E-state index in [1.165, 1.54) is 5.56 Å². The smallest absolute Gasteiger partial charge is 0.274 e. The molecular weight excluding hydrogens is 412 g/mol. The number of carbonyl (C=O) groups excluding carboxylic acids is 1. The predicted molar refractivity (Wildman–Crippen MR) is 128 cm³/mol. The number of phenols is 1. The summed E-state index contributed by atoms with van der Waals surface area (Å²) < 4.78 is 1.80. The topological polar surface area (TPSA) is 61.6 Å². The number of aromatic nitrogens is 2. The number of carbonyl (C=O) groups is 1. The molecule has 33 heavy (non-hydrogen) atoms. The van der Waals surface area contributed by atoms with E-state index >= 15 is 0 Å². The van der Waals surface area contributed by atoms with Crippen molar-refractivity contribution in [3.63, 3.8) is 0 Å². The van der Waals surface area contributed by atoms with Crippen LogP contribution < -0.4 is 0 Å². The van der Waals surface area contributed by atoms with Crippen molar-refractivity contribution < 1.29 is 9.90 Å². The van der Waals surface area contributed by atoms with Crippen molar-refractivity contribution in [3.8, 4) is 22.7 Å². The Morgan fingerprint density at radius 3 is 2.12 bits per heavy atom. The van der Waals surface area contributed by atoms with Gasteiger partial charge in [0.2, 0.25) is 0 Å². The molecule has 1 amide bonds. The van der Waals surface area contributed by atoms with Crippen LogP contribution in [0.4, 0.5) is 0 Å². The Morgan fingerprint density at radius 2 is 1.45 bits per heavy atom. The number of piperazine rings is 1. The molecule has 0 saturated carbocycles. The summed E-state index contributed by atoms with van der Waals surface area (Å²) in [6, 6.07) is 29.0. The molecule has 0 radical (unpaired) electrons. The number of para-hydroxylation sites is 1. The number of aromatic hydroxyl groups is 1. The normalized spacial score (nSPS) is 14.4. The minimum atomic E-state index is -0.0518. The summed E-state index contributed by atoms with van der Waals surface area (Å²) in [5.74, 6) is 0.151. The second-order valence-corrected chi connectivity index (χ2v) is 8.26. The number of nitrogens with zero attached hydrogens (tertiary/aromatic N) is 4. The largest absolute Gasteiger partial charge is 0.508 e. The Kier molecular flexibility index (Phi) is 5.91. The van der Waals surface area contributed by atoms with Gasteiger partial charge in [0, 0.05) is 38.3 Å². The van der Waals surface area contributed by atoms with Gasteiger partial charge in [-0.05, 0) is 48.0 Å². The van der Waals surface area contributed by atoms with Crippen molar-refractivity contribution in [1.82, 2.24) is 19.6 Å². The third kappa shape index (κ3) is 4.66. The number of phenolic OH excluding ortho intramolecular Hbond substituents is 1. The lowest BCUT2D eigenvalue weighted by Crippen LogP contribution is -2.48. The molecule has 3 aromatic carbocycles. The van der Waals surface area contributed by atoms with Crippen molar-refractivity contribution in [2.75, 3.05) is 26.2 Å². The highest BCUT2D eigenvalue weighted by Crippen LogP contribution is 2.26. The summed E-state index contributed by atoms with van der Waals surface area (Å²) in [7, 11) is 0. The zero-order valence-electron chi connectivity index (χ0n) is 18.3. The van der Waals surface area contributed by atoms with Crippen LogP contribution in [0.15, 0.2) is 91.0 Å². The van der Waals surface area contributed by atoms with Gasteiger partial charge in [-0.3, -0.25) is 9.69 Å². The zero-order chi connectivity index (χ0) is 22.6. The lowest BCUT2D eigenvalue weighted by molar-refractivity contribution is 0.0622. The maximum absolute atomic E-state index is 13.3. The van der Waals surface area contributed by atoms with E-state index in [-0.39, 0.29) is 11.7 Å². The average Bonchev–Trinajstić information content (AvgIpc) is 3.31. The van der Waals surface area contributed by atoms with Crippen molar-refractivity contribution in [3.05, 3.63) is 102 Å². The van der Waals surface area contributed by atoms with Gasteiger partial charge in [-0.25, -0.2) is 4.68 Å². The van der Waals surface area contributed by atoms with Gasteiger partial charge in [0.15, 0.2) is 5.69 Å². The van der Waals surface area contributed by atoms with Gasteiger partial charge >= 0.3 is 0 Å². The summed E-state index contributed by atoms with van der Waals surface area (Å²) in [6.45, 7) is 3.93. The molecule has 1 fully saturated rings. The second-order valence-electron chi connectivity index (χ2n) is 8.26. The van der Waals surface area contributed by atoms with Gasteiger partial charge in [0.05, 0.1) is 11.4 Å². The maximum atomic E-state index is 13.3. The minimum absolute atomic E-state index is 0.0518. The van der Waals surface area contributed by atoms with Gasteiger partial charge < -0.3 is 10.0 Å². The van der Waals surface area contributed by atoms with E-state index in [1.54, 1.807) is 16.8 Å². The molecule has 1 aliphatic heterocycles. The van der Waals surface area contributed by atoms with Crippen LogP contribution in [0.25, 0.3) is 16.9 Å². The highest BCUT2D eigenvalue weighted by molar-refractivity contribution is 5.93. The summed E-state index contributed by atoms with van der Waals surface area (Å²) in [5, 5.41) is 14.4. The molecule has 2 heterocycles. The Hall–Kier alpha value is -3.90. The van der Waals surface area contributed by atoms with Gasteiger partial charge in [-0.15, -0.1) is 0 Å². The van der Waals surface area contributed by atoms with E-state index in [2.05, 4.69) is 29.2 Å². The fourth-order valence-corrected chi connectivity index (χ4v) is 4.20. The number of rotatable bonds is 5. The fourth-order valence-electron chi connectivity index (χ4n) is 4.20. The Labute approximate surface area is 193 Å². The molecule has 1 saturated heterocycles. The molecule has 0 bridgehead atoms. The third-order valence-electron chi connectivity index (χ3n) is 6.00. The van der Waals surface area contributed by atoms with Gasteiger partial charge in [0.1, 0.15) is 5.75 Å². The van der Waals surface area contributed by atoms with Crippen LogP contribution in [-0.2, 0) is 6.54 Å². The molecule has 166 valence electrons. The molecule has 6 nitrogen and oxygen atoms in total. The molecule has 0 atom stereocenters. The summed E-state index contributed by atoms with van der Waals surface area (Å²) in [6.07, 6.45) is 0. The van der Waals surface area contributed by atoms with Crippen LogP contribution in [0, 0.1) is 0 Å². The standard InChI is InChI=1S/C27H26N4O2/c32-24-13-11-22(12-14-24)26-19-25(28-31(26)23-9-5-2-6-10-23)27(33)30-17-15-29(16-18-30)20-21-7-3-1-4-8-21/h1-14,19,32H,15-18,20H2. The molecule has 0 unspecified atom stereocenters. The molecular formula is C27H26N4O2. The summed E-state index contributed by atoms with van der Waals surface area (Å²) in [4.78, 5) is 17.6. The number of amides is 1. The van der Waals surface area contributed by atoms with E-state index < -0.39 is 0 Å². The lowest BCUT2D eigenvalue weighted by atomic mass is 10.1. The Bertz CT molecular complexity index is 1210. The summed E-state index contributed by atoms with van der Waals surface area (Å²) >= 11 is 0. The van der Waals surface area contributed by atoms with E-state index in [9.17, 15) is 9.90 Å². The number of hydrogen-bond acceptors (Lipinski definition) is 4. The van der Waals surface area contributed by atoms with Gasteiger partial charge in [0.25, 0.3) is 5.91 Å². The van der Waals surface area contributed by atoms with E-state index in [1.807, 2.05) is 59.5 Å². The fraction of sp³-hybridized carbons (Fsp3) is 0.185. The maximum Gasteiger partial charge on any atom is 0.274 e. The summed E-state index contributed by atoms with van der Waals surface area (Å²) in [5.41, 5.74) is 4.30. The van der Waals surface area contributed by atoms with Gasteiger partial charge in [-0.1, -0.05) is 48.5 Å². The molecule has 4 aromatic rings. The quantitative estimate of drug-likeness (QED) is 0.507. The van der Waals surface area contributed by atoms with Gasteiger partial charge in [-0.2, -0.15) is 5.10 Å². The van der Waals surface area contributed by atoms with Crippen molar-refractivity contribution in [2.24, 2.45) is 0 Å². The third-order valence-corrected chi connectivity index (χ3v) is 6.00. The lowest BCUT2D eigenvalue weighted by Gasteiger charge is -2.34. The van der Waals surface area contributed by atoms with Crippen LogP contribution in [0.1, 0.15) is 16.1 Å². The average molecular weight is 439 g/mol. The van der Waals surface area contributed by atoms with Crippen LogP contribution >= 0.6 is 0 Å². The number of hydrogen-bond donors (Lipinski definition) is 1. The van der Waals surface area contributed by atoms with Crippen LogP contribution in [0.3, 0.4) is 0 Å². The van der Waals surface area contributed by atoms with Crippen LogP contribution in [-0.4, -0.2) is 56.8 Å². The molecule has 1 aliphatic rings. The van der Waals surface area contributed by atoms with E-state index in [4.69, 9.17) is 5.10 Å². The van der Waals surface area contributed by atoms with Crippen molar-refractivity contribution in [2.45, 2.75) is 6.54 Å². The Balaban J connectivity index is 1.36. The Morgan fingerprint density at radius 1 is 0.818 bits per heavy atom. The molecule has 0 spiro atoms. The highest BCUT2D eigenvalue weighted by atomic mass is 16.3. The predicted octanol–water partition coefficient (Wildman–Crippen LogP) is 4.20. The van der Waals surface area contributed by atoms with Crippen molar-refractivity contribution >= 4 is 5.91 Å². The molecule has 1 N–H and O–H groups in total. The molecule has 1 aromatic heterocycles. The van der Waals surface area contributed by atoms with Crippen LogP contribution in [0.5, 0.6) is 5.75 Å². The first-order valence-electron chi connectivity index (χ1n) is 11.2.